The fraction of sp³-hybridized carbons (Fsp3) is 0.444. The van der Waals surface area contributed by atoms with Crippen LogP contribution < -0.4 is 4.74 Å². The molecule has 1 aromatic carbocycles. The second kappa shape index (κ2) is 6.28. The number of rotatable bonds is 0. The predicted octanol–water partition coefficient (Wildman–Crippen LogP) is 3.57. The van der Waals surface area contributed by atoms with Crippen LogP contribution in [0, 0.1) is 0 Å². The van der Waals surface area contributed by atoms with E-state index >= 15 is 0 Å². The zero-order chi connectivity index (χ0) is 16.5. The molecule has 1 N–H and O–H groups in total. The van der Waals surface area contributed by atoms with E-state index in [1.807, 2.05) is 29.1 Å². The first kappa shape index (κ1) is 15.2. The topological polar surface area (TPSA) is 65.0 Å². The van der Waals surface area contributed by atoms with Crippen LogP contribution in [-0.4, -0.2) is 39.3 Å². The molecule has 0 spiro atoms. The molecule has 2 atom stereocenters. The summed E-state index contributed by atoms with van der Waals surface area (Å²) in [5.41, 5.74) is 2.92. The van der Waals surface area contributed by atoms with Crippen LogP contribution in [0.15, 0.2) is 30.6 Å². The maximum Gasteiger partial charge on any atom is 0.120 e. The first-order valence-corrected chi connectivity index (χ1v) is 8.48. The van der Waals surface area contributed by atoms with Crippen molar-refractivity contribution >= 4 is 10.9 Å². The molecule has 0 amide bonds. The van der Waals surface area contributed by atoms with Crippen LogP contribution in [0.4, 0.5) is 0 Å². The average Bonchev–Trinajstić information content (AvgIpc) is 3.19. The zero-order valence-electron chi connectivity index (χ0n) is 14.0. The number of benzene rings is 1. The minimum atomic E-state index is 0.191. The highest BCUT2D eigenvalue weighted by Gasteiger charge is 2.16. The van der Waals surface area contributed by atoms with Crippen LogP contribution in [0.1, 0.15) is 32.7 Å². The summed E-state index contributed by atoms with van der Waals surface area (Å²) in [4.78, 5) is 0. The van der Waals surface area contributed by atoms with Gasteiger partial charge in [-0.05, 0) is 38.5 Å². The van der Waals surface area contributed by atoms with Gasteiger partial charge >= 0.3 is 0 Å². The normalized spacial score (nSPS) is 22.1. The number of ether oxygens (including phenoxy) is 2. The van der Waals surface area contributed by atoms with E-state index in [0.29, 0.717) is 13.2 Å². The highest BCUT2D eigenvalue weighted by molar-refractivity contribution is 5.93. The Morgan fingerprint density at radius 3 is 3.08 bits per heavy atom. The molecule has 1 aliphatic rings. The number of aromatic nitrogens is 4. The van der Waals surface area contributed by atoms with E-state index < -0.39 is 0 Å². The summed E-state index contributed by atoms with van der Waals surface area (Å²) in [5.74, 6) is 0.855. The van der Waals surface area contributed by atoms with Crippen molar-refractivity contribution in [2.45, 2.75) is 38.8 Å². The summed E-state index contributed by atoms with van der Waals surface area (Å²) in [5, 5.41) is 13.1. The number of hydrogen-bond acceptors (Lipinski definition) is 4. The van der Waals surface area contributed by atoms with Gasteiger partial charge in [0.05, 0.1) is 37.1 Å². The number of hydrogen-bond donors (Lipinski definition) is 1. The average molecular weight is 326 g/mol. The maximum absolute atomic E-state index is 5.89. The fourth-order valence-electron chi connectivity index (χ4n) is 3.19. The highest BCUT2D eigenvalue weighted by atomic mass is 16.5. The van der Waals surface area contributed by atoms with Gasteiger partial charge in [-0.2, -0.15) is 10.2 Å². The molecular weight excluding hydrogens is 304 g/mol. The Kier molecular flexibility index (Phi) is 3.98. The lowest BCUT2D eigenvalue weighted by atomic mass is 10.1. The monoisotopic (exact) mass is 326 g/mol. The van der Waals surface area contributed by atoms with Gasteiger partial charge in [0.1, 0.15) is 11.4 Å². The molecule has 0 saturated carbocycles. The van der Waals surface area contributed by atoms with E-state index in [-0.39, 0.29) is 12.1 Å². The maximum atomic E-state index is 5.89. The van der Waals surface area contributed by atoms with Gasteiger partial charge < -0.3 is 9.47 Å². The second-order valence-corrected chi connectivity index (χ2v) is 6.46. The smallest absolute Gasteiger partial charge is 0.120 e. The van der Waals surface area contributed by atoms with Crippen molar-refractivity contribution in [3.8, 4) is 17.0 Å². The van der Waals surface area contributed by atoms with Crippen LogP contribution in [0.2, 0.25) is 0 Å². The first-order valence-electron chi connectivity index (χ1n) is 8.48. The molecule has 6 heteroatoms. The number of nitrogens with zero attached hydrogens (tertiary/aromatic N) is 3. The van der Waals surface area contributed by atoms with E-state index in [0.717, 1.165) is 40.8 Å². The number of aromatic amines is 1. The van der Waals surface area contributed by atoms with E-state index in [2.05, 4.69) is 35.3 Å². The van der Waals surface area contributed by atoms with E-state index in [1.54, 1.807) is 0 Å². The zero-order valence-corrected chi connectivity index (χ0v) is 14.0. The lowest BCUT2D eigenvalue weighted by molar-refractivity contribution is 0.0433. The van der Waals surface area contributed by atoms with Crippen molar-refractivity contribution in [2.75, 3.05) is 13.2 Å². The van der Waals surface area contributed by atoms with E-state index in [1.165, 1.54) is 0 Å². The summed E-state index contributed by atoms with van der Waals surface area (Å²) in [6.07, 6.45) is 5.92. The quantitative estimate of drug-likeness (QED) is 0.686. The van der Waals surface area contributed by atoms with Crippen LogP contribution in [0.25, 0.3) is 22.2 Å². The summed E-state index contributed by atoms with van der Waals surface area (Å²) in [6, 6.07) is 6.29. The molecule has 0 unspecified atom stereocenters. The molecule has 4 rings (SSSR count). The summed E-state index contributed by atoms with van der Waals surface area (Å²) < 4.78 is 13.7. The lowest BCUT2D eigenvalue weighted by Crippen LogP contribution is -2.17. The minimum absolute atomic E-state index is 0.191. The highest BCUT2D eigenvalue weighted by Crippen LogP contribution is 2.30. The van der Waals surface area contributed by atoms with E-state index in [4.69, 9.17) is 9.47 Å². The van der Waals surface area contributed by atoms with Crippen LogP contribution in [0.5, 0.6) is 5.75 Å². The molecule has 2 aromatic heterocycles. The van der Waals surface area contributed by atoms with Crippen LogP contribution in [-0.2, 0) is 4.74 Å². The van der Waals surface area contributed by atoms with Crippen molar-refractivity contribution in [3.63, 3.8) is 0 Å². The summed E-state index contributed by atoms with van der Waals surface area (Å²) >= 11 is 0. The molecule has 6 nitrogen and oxygen atoms in total. The van der Waals surface area contributed by atoms with Crippen molar-refractivity contribution in [1.82, 2.24) is 20.0 Å². The standard InChI is InChI=1S/C18H22N4O2/c1-12-8-13(2)23-6-3-7-24-15-4-5-17-16(9-15)18(21-20-17)14-10-19-22(12)11-14/h4-5,9-13H,3,6-8H2,1-2H3,(H,20,21)/t12-,13+/m1/s1. The summed E-state index contributed by atoms with van der Waals surface area (Å²) in [6.45, 7) is 5.63. The van der Waals surface area contributed by atoms with Crippen molar-refractivity contribution in [2.24, 2.45) is 0 Å². The summed E-state index contributed by atoms with van der Waals surface area (Å²) in [7, 11) is 0. The van der Waals surface area contributed by atoms with Gasteiger partial charge in [0.25, 0.3) is 0 Å². The van der Waals surface area contributed by atoms with Gasteiger partial charge in [-0.15, -0.1) is 0 Å². The molecule has 3 aromatic rings. The Hall–Kier alpha value is -2.34. The third kappa shape index (κ3) is 2.89. The predicted molar refractivity (Wildman–Crippen MR) is 92.2 cm³/mol. The van der Waals surface area contributed by atoms with Gasteiger partial charge in [-0.1, -0.05) is 0 Å². The van der Waals surface area contributed by atoms with Crippen molar-refractivity contribution in [1.29, 1.82) is 0 Å². The third-order valence-electron chi connectivity index (χ3n) is 4.49. The Morgan fingerprint density at radius 1 is 1.25 bits per heavy atom. The molecule has 3 heterocycles. The number of nitrogens with one attached hydrogen (secondary N) is 1. The molecular formula is C18H22N4O2. The molecule has 0 aliphatic carbocycles. The Morgan fingerprint density at radius 2 is 2.17 bits per heavy atom. The Bertz CT molecular complexity index is 839. The van der Waals surface area contributed by atoms with Gasteiger partial charge in [-0.3, -0.25) is 9.78 Å². The molecule has 4 bridgehead atoms. The van der Waals surface area contributed by atoms with Crippen LogP contribution >= 0.6 is 0 Å². The largest absolute Gasteiger partial charge is 0.493 e. The second-order valence-electron chi connectivity index (χ2n) is 6.46. The van der Waals surface area contributed by atoms with E-state index in [9.17, 15) is 0 Å². The van der Waals surface area contributed by atoms with Gasteiger partial charge in [0.15, 0.2) is 0 Å². The fourth-order valence-corrected chi connectivity index (χ4v) is 3.19. The molecule has 1 aliphatic heterocycles. The molecule has 24 heavy (non-hydrogen) atoms. The SMILES string of the molecule is C[C@@H]1C[C@H](C)OCCCOc2ccc3[nH]nc(c3c2)-c2cnn1c2. The molecule has 0 fully saturated rings. The van der Waals surface area contributed by atoms with Gasteiger partial charge in [-0.25, -0.2) is 0 Å². The van der Waals surface area contributed by atoms with Crippen molar-refractivity contribution < 1.29 is 9.47 Å². The molecule has 0 radical (unpaired) electrons. The van der Waals surface area contributed by atoms with Gasteiger partial charge in [0.2, 0.25) is 0 Å². The minimum Gasteiger partial charge on any atom is -0.493 e. The van der Waals surface area contributed by atoms with Crippen molar-refractivity contribution in [3.05, 3.63) is 30.6 Å². The number of fused-ring (bicyclic) bond motifs is 4. The number of H-pyrrole nitrogens is 1. The Balaban J connectivity index is 1.76. The lowest BCUT2D eigenvalue weighted by Gasteiger charge is -2.18. The van der Waals surface area contributed by atoms with Gasteiger partial charge in [0, 0.05) is 23.6 Å². The Labute approximate surface area is 140 Å². The van der Waals surface area contributed by atoms with Crippen LogP contribution in [0.3, 0.4) is 0 Å². The first-order chi connectivity index (χ1) is 11.7. The third-order valence-corrected chi connectivity index (χ3v) is 4.49. The molecule has 126 valence electrons. The molecule has 0 saturated heterocycles.